The number of halogens is 2. The van der Waals surface area contributed by atoms with Gasteiger partial charge in [-0.2, -0.15) is 0 Å². The quantitative estimate of drug-likeness (QED) is 0.398. The normalized spacial score (nSPS) is 20.7. The first-order chi connectivity index (χ1) is 18.5. The predicted molar refractivity (Wildman–Crippen MR) is 152 cm³/mol. The molecule has 1 atom stereocenters. The van der Waals surface area contributed by atoms with Gasteiger partial charge in [0.25, 0.3) is 0 Å². The molecule has 1 N–H and O–H groups in total. The van der Waals surface area contributed by atoms with Gasteiger partial charge in [-0.25, -0.2) is 4.79 Å². The van der Waals surface area contributed by atoms with Crippen molar-refractivity contribution in [2.75, 3.05) is 32.7 Å². The molecule has 2 amide bonds. The highest BCUT2D eigenvalue weighted by atomic mass is 35.5. The van der Waals surface area contributed by atoms with E-state index in [4.69, 9.17) is 27.9 Å². The number of likely N-dealkylation sites (tertiary alicyclic amines) is 2. The fourth-order valence-corrected chi connectivity index (χ4v) is 6.74. The standard InChI is InChI=1S/C30H37Cl2N3O3/c31-27-19-23(21-8-10-25(11-9-21)38-30(37)33-13-17-34-14-4-5-15-34)20-28(32)26(27)18-22-12-16-35(29(22)36)24-6-2-1-3-7-24/h8-11,19-20,22,24H,1-7,12-18H2,(H,33,37). The van der Waals surface area contributed by atoms with Crippen LogP contribution in [0.3, 0.4) is 0 Å². The van der Waals surface area contributed by atoms with Gasteiger partial charge in [-0.05, 0) is 92.6 Å². The van der Waals surface area contributed by atoms with Crippen LogP contribution < -0.4 is 10.1 Å². The summed E-state index contributed by atoms with van der Waals surface area (Å²) in [5, 5.41) is 3.97. The Balaban J connectivity index is 1.16. The lowest BCUT2D eigenvalue weighted by atomic mass is 9.93. The second-order valence-electron chi connectivity index (χ2n) is 10.8. The third kappa shape index (κ3) is 6.64. The zero-order valence-electron chi connectivity index (χ0n) is 21.9. The maximum atomic E-state index is 13.1. The molecule has 3 aliphatic rings. The molecule has 8 heteroatoms. The third-order valence-electron chi connectivity index (χ3n) is 8.25. The average Bonchev–Trinajstić information content (AvgIpc) is 3.57. The molecule has 1 unspecified atom stereocenters. The van der Waals surface area contributed by atoms with Gasteiger partial charge in [0.2, 0.25) is 5.91 Å². The highest BCUT2D eigenvalue weighted by molar-refractivity contribution is 6.36. The molecule has 2 aromatic carbocycles. The molecule has 0 aromatic heterocycles. The van der Waals surface area contributed by atoms with Crippen molar-refractivity contribution in [3.8, 4) is 16.9 Å². The predicted octanol–water partition coefficient (Wildman–Crippen LogP) is 6.57. The second-order valence-corrected chi connectivity index (χ2v) is 11.6. The average molecular weight is 559 g/mol. The molecule has 5 rings (SSSR count). The Hall–Kier alpha value is -2.28. The Morgan fingerprint density at radius 2 is 1.58 bits per heavy atom. The molecule has 204 valence electrons. The van der Waals surface area contributed by atoms with Crippen LogP contribution in [0.4, 0.5) is 4.79 Å². The van der Waals surface area contributed by atoms with E-state index in [9.17, 15) is 9.59 Å². The maximum Gasteiger partial charge on any atom is 0.412 e. The summed E-state index contributed by atoms with van der Waals surface area (Å²) in [7, 11) is 0. The molecule has 6 nitrogen and oxygen atoms in total. The molecule has 2 aromatic rings. The van der Waals surface area contributed by atoms with Crippen molar-refractivity contribution in [1.82, 2.24) is 15.1 Å². The van der Waals surface area contributed by atoms with Gasteiger partial charge in [0.15, 0.2) is 0 Å². The number of hydrogen-bond donors (Lipinski definition) is 1. The van der Waals surface area contributed by atoms with Crippen LogP contribution in [0.1, 0.15) is 56.9 Å². The van der Waals surface area contributed by atoms with Gasteiger partial charge >= 0.3 is 6.09 Å². The summed E-state index contributed by atoms with van der Waals surface area (Å²) in [6, 6.07) is 11.5. The smallest absolute Gasteiger partial charge is 0.410 e. The van der Waals surface area contributed by atoms with Crippen molar-refractivity contribution >= 4 is 35.2 Å². The summed E-state index contributed by atoms with van der Waals surface area (Å²) in [6.07, 6.45) is 9.42. The van der Waals surface area contributed by atoms with Crippen LogP contribution >= 0.6 is 23.2 Å². The number of ether oxygens (including phenoxy) is 1. The molecule has 2 saturated heterocycles. The van der Waals surface area contributed by atoms with Crippen LogP contribution in [-0.2, 0) is 11.2 Å². The number of amides is 2. The number of nitrogens with one attached hydrogen (secondary N) is 1. The minimum Gasteiger partial charge on any atom is -0.410 e. The zero-order valence-corrected chi connectivity index (χ0v) is 23.4. The summed E-state index contributed by atoms with van der Waals surface area (Å²) < 4.78 is 5.42. The second kappa shape index (κ2) is 12.7. The molecule has 3 fully saturated rings. The number of rotatable bonds is 8. The Kier molecular flexibility index (Phi) is 9.13. The van der Waals surface area contributed by atoms with Gasteiger partial charge in [-0.15, -0.1) is 0 Å². The van der Waals surface area contributed by atoms with E-state index in [1.807, 2.05) is 24.3 Å². The van der Waals surface area contributed by atoms with Crippen LogP contribution in [0.15, 0.2) is 36.4 Å². The number of carbonyl (C=O) groups excluding carboxylic acids is 2. The van der Waals surface area contributed by atoms with Crippen LogP contribution in [0, 0.1) is 5.92 Å². The molecule has 1 aliphatic carbocycles. The van der Waals surface area contributed by atoms with E-state index in [0.29, 0.717) is 34.8 Å². The minimum atomic E-state index is -0.448. The first-order valence-electron chi connectivity index (χ1n) is 14.0. The molecule has 0 radical (unpaired) electrons. The van der Waals surface area contributed by atoms with Crippen LogP contribution in [-0.4, -0.2) is 60.6 Å². The highest BCUT2D eigenvalue weighted by Gasteiger charge is 2.36. The van der Waals surface area contributed by atoms with E-state index in [1.165, 1.54) is 32.1 Å². The Labute approximate surface area is 235 Å². The van der Waals surface area contributed by atoms with Gasteiger partial charge in [0, 0.05) is 41.6 Å². The van der Waals surface area contributed by atoms with Crippen molar-refractivity contribution in [1.29, 1.82) is 0 Å². The maximum absolute atomic E-state index is 13.1. The fraction of sp³-hybridized carbons (Fsp3) is 0.533. The van der Waals surface area contributed by atoms with Gasteiger partial charge < -0.3 is 19.9 Å². The lowest BCUT2D eigenvalue weighted by Gasteiger charge is -2.31. The van der Waals surface area contributed by atoms with Crippen LogP contribution in [0.2, 0.25) is 10.0 Å². The van der Waals surface area contributed by atoms with E-state index < -0.39 is 6.09 Å². The van der Waals surface area contributed by atoms with E-state index in [-0.39, 0.29) is 11.8 Å². The van der Waals surface area contributed by atoms with Gasteiger partial charge in [-0.3, -0.25) is 4.79 Å². The fourth-order valence-electron chi connectivity index (χ4n) is 6.10. The largest absolute Gasteiger partial charge is 0.412 e. The van der Waals surface area contributed by atoms with Gasteiger partial charge in [0.1, 0.15) is 5.75 Å². The molecule has 0 spiro atoms. The van der Waals surface area contributed by atoms with Crippen molar-refractivity contribution in [2.24, 2.45) is 5.92 Å². The van der Waals surface area contributed by atoms with E-state index >= 15 is 0 Å². The topological polar surface area (TPSA) is 61.9 Å². The number of hydrogen-bond acceptors (Lipinski definition) is 4. The van der Waals surface area contributed by atoms with Crippen molar-refractivity contribution < 1.29 is 14.3 Å². The molecular weight excluding hydrogens is 521 g/mol. The number of carbonyl (C=O) groups is 2. The number of benzene rings is 2. The molecular formula is C30H37Cl2N3O3. The Bertz CT molecular complexity index is 1110. The molecule has 1 saturated carbocycles. The minimum absolute atomic E-state index is 0.0595. The summed E-state index contributed by atoms with van der Waals surface area (Å²) in [6.45, 7) is 4.47. The van der Waals surface area contributed by atoms with E-state index in [1.54, 1.807) is 12.1 Å². The Morgan fingerprint density at radius 1 is 0.895 bits per heavy atom. The molecule has 0 bridgehead atoms. The van der Waals surface area contributed by atoms with E-state index in [0.717, 1.165) is 62.1 Å². The highest BCUT2D eigenvalue weighted by Crippen LogP contribution is 2.37. The monoisotopic (exact) mass is 557 g/mol. The summed E-state index contributed by atoms with van der Waals surface area (Å²) in [5.74, 6) is 0.669. The lowest BCUT2D eigenvalue weighted by Crippen LogP contribution is -2.39. The van der Waals surface area contributed by atoms with E-state index in [2.05, 4.69) is 15.1 Å². The van der Waals surface area contributed by atoms with Gasteiger partial charge in [-0.1, -0.05) is 54.6 Å². The first kappa shape index (κ1) is 27.3. The molecule has 2 heterocycles. The van der Waals surface area contributed by atoms with Crippen LogP contribution in [0.5, 0.6) is 5.75 Å². The summed E-state index contributed by atoms with van der Waals surface area (Å²) in [4.78, 5) is 29.7. The van der Waals surface area contributed by atoms with Crippen LogP contribution in [0.25, 0.3) is 11.1 Å². The third-order valence-corrected chi connectivity index (χ3v) is 8.93. The molecule has 38 heavy (non-hydrogen) atoms. The first-order valence-corrected chi connectivity index (χ1v) is 14.8. The van der Waals surface area contributed by atoms with Crippen molar-refractivity contribution in [3.05, 3.63) is 52.0 Å². The zero-order chi connectivity index (χ0) is 26.5. The SMILES string of the molecule is O=C(NCCN1CCCC1)Oc1ccc(-c2cc(Cl)c(CC3CCN(C4CCCCC4)C3=O)c(Cl)c2)cc1. The number of nitrogens with zero attached hydrogens (tertiary/aromatic N) is 2. The lowest BCUT2D eigenvalue weighted by molar-refractivity contribution is -0.133. The van der Waals surface area contributed by atoms with Gasteiger partial charge in [0.05, 0.1) is 0 Å². The summed E-state index contributed by atoms with van der Waals surface area (Å²) >= 11 is 13.4. The Morgan fingerprint density at radius 3 is 2.26 bits per heavy atom. The molecule has 2 aliphatic heterocycles. The van der Waals surface area contributed by atoms with Crippen molar-refractivity contribution in [3.63, 3.8) is 0 Å². The summed E-state index contributed by atoms with van der Waals surface area (Å²) in [5.41, 5.74) is 2.64. The van der Waals surface area contributed by atoms with Crippen molar-refractivity contribution in [2.45, 2.75) is 63.8 Å².